The monoisotopic (exact) mass is 2090 g/mol. The summed E-state index contributed by atoms with van der Waals surface area (Å²) in [7, 11) is -48.5. The van der Waals surface area contributed by atoms with Gasteiger partial charge in [-0.1, -0.05) is 6.92 Å². The fourth-order valence-electron chi connectivity index (χ4n) is 14.1. The second-order valence-corrected chi connectivity index (χ2v) is 37.6. The van der Waals surface area contributed by atoms with Gasteiger partial charge in [-0.05, 0) is 0 Å². The molecule has 8 saturated heterocycles. The van der Waals surface area contributed by atoms with Crippen molar-refractivity contribution >= 4 is 119 Å². The molecule has 8 rings (SSSR count). The third kappa shape index (κ3) is 29.9. The molecule has 131 heavy (non-hydrogen) atoms. The average molecular weight is 2090 g/mol. The Bertz CT molecular complexity index is 4990. The summed E-state index contributed by atoms with van der Waals surface area (Å²) < 4.78 is 388. The maximum atomic E-state index is 13.5. The maximum absolute atomic E-state index is 13.5. The first-order valence-corrected chi connectivity index (χ1v) is 46.9. The lowest BCUT2D eigenvalue weighted by atomic mass is 9.90. The summed E-state index contributed by atoms with van der Waals surface area (Å²) in [6.07, 6.45) is -101. The number of carbonyl (C=O) groups is 6. The number of aliphatic hydroxyl groups is 11. The highest BCUT2D eigenvalue weighted by Gasteiger charge is 2.64. The van der Waals surface area contributed by atoms with Gasteiger partial charge in [0, 0.05) is 19.8 Å². The Kier molecular flexibility index (Phi) is 36.8. The van der Waals surface area contributed by atoms with Crippen LogP contribution in [0.4, 0.5) is 0 Å². The van der Waals surface area contributed by atoms with Crippen LogP contribution in [0.25, 0.3) is 0 Å². The van der Waals surface area contributed by atoms with Crippen LogP contribution in [-0.2, 0) is 208 Å². The van der Waals surface area contributed by atoms with Crippen LogP contribution < -0.4 is 20.1 Å². The lowest BCUT2D eigenvalue weighted by Crippen LogP contribution is -2.72. The van der Waals surface area contributed by atoms with Crippen molar-refractivity contribution in [2.24, 2.45) is 5.92 Å². The van der Waals surface area contributed by atoms with Crippen LogP contribution in [0.5, 0.6) is 0 Å². The SMILES string of the molecule is CC(=O)N[C@H]1[C@@H](O[C@H]2[C@H](O)[C@@H](O)[C@H](O[C@H]3[C@H](OS(=O)(=O)O)[C@@H](NS(=O)(=O)O)[C@@H](O[C@H]4[C@H](O)[C@@H](OS(=O)(=O)O)[C@H](O[C@H]5[C@H](O)[C@@H](NS(=O)(=O)O)[C@@H](O[C@H]6[C@H](O)[C@@H](O)[C@H](O[C@H]7[C@H](O)[C@@H](NC(C)=O)C(O)O[C@@H]7COS(=O)(=O)O)O[C@H]6C(=O)O)O[C@@H]5COS(=O)(=O)O)O[C@H]4C(=O)O)O[C@@H]3COS(=O)(=O)O)O[C@@H]2C(=O)O)O[C@H](COS(=O)(=O)O)[C@@H](O[C@@H]2O[C@@H](C(=O)O)[C@@H](C)[C@H](O)[C@H]2O)[C@@H]1O. The summed E-state index contributed by atoms with van der Waals surface area (Å²) in [5.41, 5.74) is 0. The minimum Gasteiger partial charge on any atom is -0.479 e. The number of carbonyl (C=O) groups excluding carboxylic acids is 2. The van der Waals surface area contributed by atoms with Gasteiger partial charge in [0.25, 0.3) is 0 Å². The highest BCUT2D eigenvalue weighted by molar-refractivity contribution is 7.84. The Morgan fingerprint density at radius 3 is 0.908 bits per heavy atom. The zero-order valence-electron chi connectivity index (χ0n) is 65.0. The van der Waals surface area contributed by atoms with E-state index < -0.39 is 390 Å². The average Bonchev–Trinajstić information content (AvgIpc) is 0.735. The largest absolute Gasteiger partial charge is 0.479 e. The number of rotatable bonds is 40. The third-order valence-electron chi connectivity index (χ3n) is 19.5. The van der Waals surface area contributed by atoms with Crippen molar-refractivity contribution in [2.45, 2.75) is 260 Å². The first-order valence-electron chi connectivity index (χ1n) is 35.9. The zero-order chi connectivity index (χ0) is 99.1. The van der Waals surface area contributed by atoms with Crippen LogP contribution in [0.2, 0.25) is 0 Å². The van der Waals surface area contributed by atoms with Gasteiger partial charge in [-0.15, -0.1) is 0 Å². The highest BCUT2D eigenvalue weighted by Crippen LogP contribution is 2.42. The molecule has 0 spiro atoms. The van der Waals surface area contributed by atoms with Gasteiger partial charge in [0.05, 0.1) is 32.5 Å². The number of hydrogen-bond donors (Lipinski definition) is 27. The van der Waals surface area contributed by atoms with Gasteiger partial charge in [0.15, 0.2) is 80.8 Å². The van der Waals surface area contributed by atoms with Crippen LogP contribution in [0, 0.1) is 5.92 Å². The van der Waals surface area contributed by atoms with E-state index in [1.165, 1.54) is 4.72 Å². The molecule has 0 aromatic heterocycles. The molecule has 8 aliphatic rings. The molecule has 0 saturated carbocycles. The van der Waals surface area contributed by atoms with E-state index in [2.05, 4.69) is 25.1 Å². The minimum atomic E-state index is -6.52. The Morgan fingerprint density at radius 2 is 0.550 bits per heavy atom. The van der Waals surface area contributed by atoms with E-state index in [1.807, 2.05) is 10.6 Å². The van der Waals surface area contributed by atoms with E-state index in [4.69, 9.17) is 71.1 Å². The van der Waals surface area contributed by atoms with E-state index in [0.29, 0.717) is 6.92 Å². The summed E-state index contributed by atoms with van der Waals surface area (Å²) in [5, 5.41) is 172. The first-order chi connectivity index (χ1) is 59.8. The Balaban J connectivity index is 1.13. The van der Waals surface area contributed by atoms with Crippen molar-refractivity contribution in [1.82, 2.24) is 20.1 Å². The van der Waals surface area contributed by atoms with Gasteiger partial charge in [0.1, 0.15) is 152 Å². The van der Waals surface area contributed by atoms with Gasteiger partial charge in [-0.3, -0.25) is 46.0 Å². The van der Waals surface area contributed by atoms with Crippen LogP contribution in [0.3, 0.4) is 0 Å². The Hall–Kier alpha value is -5.26. The molecule has 0 aliphatic carbocycles. The molecule has 8 aliphatic heterocycles. The number of aliphatic hydroxyl groups excluding tert-OH is 11. The second-order valence-electron chi connectivity index (χ2n) is 28.7. The maximum Gasteiger partial charge on any atom is 0.397 e. The van der Waals surface area contributed by atoms with Gasteiger partial charge in [0.2, 0.25) is 11.8 Å². The van der Waals surface area contributed by atoms with E-state index in [0.717, 1.165) is 18.6 Å². The fraction of sp³-hybridized carbons (Fsp3) is 0.887. The van der Waals surface area contributed by atoms with E-state index in [9.17, 15) is 209 Å². The van der Waals surface area contributed by atoms with Crippen molar-refractivity contribution in [3.05, 3.63) is 0 Å². The predicted molar refractivity (Wildman–Crippen MR) is 380 cm³/mol. The zero-order valence-corrected chi connectivity index (χ0v) is 71.6. The quantitative estimate of drug-likeness (QED) is 0.0253. The summed E-state index contributed by atoms with van der Waals surface area (Å²) in [4.78, 5) is 76.5. The third-order valence-corrected chi connectivity index (χ3v) is 23.3. The molecule has 8 heterocycles. The molecule has 2 amide bonds. The molecule has 70 nitrogen and oxygen atoms in total. The van der Waals surface area contributed by atoms with Crippen molar-refractivity contribution < 1.29 is 305 Å². The van der Waals surface area contributed by atoms with Gasteiger partial charge >= 0.3 is 107 Å². The molecular weight excluding hydrogens is 2010 g/mol. The van der Waals surface area contributed by atoms with Crippen LogP contribution >= 0.6 is 0 Å². The van der Waals surface area contributed by atoms with E-state index in [1.54, 1.807) is 0 Å². The Labute approximate surface area is 733 Å². The van der Waals surface area contributed by atoms with Crippen molar-refractivity contribution in [3.63, 3.8) is 0 Å². The van der Waals surface area contributed by atoms with Crippen LogP contribution in [0.15, 0.2) is 0 Å². The smallest absolute Gasteiger partial charge is 0.397 e. The topological polar surface area (TPSA) is 1080 Å². The number of ether oxygens (including phenoxy) is 15. The van der Waals surface area contributed by atoms with Crippen LogP contribution in [-0.4, -0.2) is 482 Å². The molecule has 0 bridgehead atoms. The molecule has 0 aromatic carbocycles. The number of carboxylic acids is 4. The first kappa shape index (κ1) is 111. The van der Waals surface area contributed by atoms with Gasteiger partial charge < -0.3 is 158 Å². The number of aliphatic carboxylic acids is 4. The van der Waals surface area contributed by atoms with E-state index in [-0.39, 0.29) is 0 Å². The lowest BCUT2D eigenvalue weighted by molar-refractivity contribution is -0.379. The minimum absolute atomic E-state index is 0.701. The molecule has 760 valence electrons. The molecule has 8 fully saturated rings. The van der Waals surface area contributed by atoms with Gasteiger partial charge in [-0.2, -0.15) is 76.8 Å². The number of hydrogen-bond acceptors (Lipinski definition) is 54. The molecule has 0 aromatic rings. The summed E-state index contributed by atoms with van der Waals surface area (Å²) >= 11 is 0. The van der Waals surface area contributed by atoms with Crippen molar-refractivity contribution in [2.75, 3.05) is 26.4 Å². The number of amides is 2. The van der Waals surface area contributed by atoms with E-state index >= 15 is 0 Å². The normalized spacial score (nSPS) is 41.0. The highest BCUT2D eigenvalue weighted by atomic mass is 32.3. The fourth-order valence-corrected chi connectivity index (χ4v) is 17.5. The van der Waals surface area contributed by atoms with Gasteiger partial charge in [-0.25, -0.2) is 44.3 Å². The molecular formula is C53H84N4O66S8. The predicted octanol–water partition coefficient (Wildman–Crippen LogP) is -18.8. The summed E-state index contributed by atoms with van der Waals surface area (Å²) in [5.74, 6) is -13.0. The summed E-state index contributed by atoms with van der Waals surface area (Å²) in [6, 6.07) is -10.8. The lowest BCUT2D eigenvalue weighted by Gasteiger charge is -2.51. The molecule has 27 N–H and O–H groups in total. The van der Waals surface area contributed by atoms with Crippen LogP contribution in [0.1, 0.15) is 20.8 Å². The molecule has 0 radical (unpaired) electrons. The Morgan fingerprint density at radius 1 is 0.275 bits per heavy atom. The van der Waals surface area contributed by atoms with Crippen molar-refractivity contribution in [3.8, 4) is 0 Å². The summed E-state index contributed by atoms with van der Waals surface area (Å²) in [6.45, 7) is -4.56. The second kappa shape index (κ2) is 43.4. The number of nitrogens with one attached hydrogen (secondary N) is 4. The molecule has 40 atom stereocenters. The standard InChI is InChI=1S/C53H84N4O66S8/c1-8-19(60)25(66)50(111-29(8)42(70)71)113-31-12(5-104-127(88,89)90)108-47(16(21(31)62)55-10(3)59)116-35-24(65)27(68)52(120-39(35)43(72)73)115-33-14(7-106-129(94,95)96)110-49(18(57-125(82,83)84)34(33)122-130(97,98)99)118-37-28(69)38(123-131(100,101)102)53(121-41(37)45(76)77)114-32-13(6-105-128(91,92)93)109-48(17(22(32)63)56-124(79,80)81)117-36-23(64)26(67)51(119-40(36)44(74)75)112-30-11(4-103-126(85,86)87)107-46(78)15(20(30)61)54-9(2)58/h8,11-41,46-53,56-57,60-69,78H,4-7H2,1-3H3,(H,54,58)(H,55,59)(H,70,71)(H,72,73)(H,74,75)(H,76,77)(H,79,80,81)(H,82,83,84)(H,85,86,87)(H,88,89,90)(H,91,92,93)(H,94,95,96)(H,97,98,99)(H,100,101,102)/t8-,11+,12+,13+,14+,15+,16+,17+,18+,19-,20+,21+,22+,23+,24+,25+,26+,27+,28-,29+,30+,31+,32+,33+,34+,35-,36-,37-,38+,39-,40+,41+,46?,47+,48+,49+,50-,51+,52+,53+/m0/s1. The molecule has 78 heteroatoms. The molecule has 1 unspecified atom stereocenters. The van der Waals surface area contributed by atoms with Crippen molar-refractivity contribution in [1.29, 1.82) is 0 Å². The number of carboxylic acid groups (broad SMARTS) is 4.